The highest BCUT2D eigenvalue weighted by atomic mass is 79.9. The molecule has 2 heterocycles. The van der Waals surface area contributed by atoms with Crippen LogP contribution in [0.3, 0.4) is 0 Å². The van der Waals surface area contributed by atoms with E-state index in [1.54, 1.807) is 17.6 Å². The Labute approximate surface area is 172 Å². The van der Waals surface area contributed by atoms with Gasteiger partial charge in [0, 0.05) is 25.1 Å². The number of halogens is 2. The first-order valence-electron chi connectivity index (χ1n) is 8.62. The summed E-state index contributed by atoms with van der Waals surface area (Å²) in [6.45, 7) is 0. The van der Waals surface area contributed by atoms with Crippen molar-refractivity contribution in [1.29, 1.82) is 0 Å². The van der Waals surface area contributed by atoms with Crippen LogP contribution in [0.4, 0.5) is 0 Å². The number of hydrogen-bond acceptors (Lipinski definition) is 4. The Hall–Kier alpha value is -1.31. The lowest BCUT2D eigenvalue weighted by molar-refractivity contribution is 0.416. The monoisotopic (exact) mass is 493 g/mol. The van der Waals surface area contributed by atoms with E-state index in [1.165, 1.54) is 23.9 Å². The number of aromatic nitrogens is 2. The Balaban J connectivity index is 1.87. The second-order valence-electron chi connectivity index (χ2n) is 6.50. The summed E-state index contributed by atoms with van der Waals surface area (Å²) < 4.78 is 3.40. The number of rotatable bonds is 3. The average molecular weight is 495 g/mol. The Morgan fingerprint density at radius 3 is 2.69 bits per heavy atom. The topological polar surface area (TPSA) is 47.2 Å². The molecule has 0 unspecified atom stereocenters. The lowest BCUT2D eigenvalue weighted by Gasteiger charge is -2.22. The molecule has 0 N–H and O–H groups in total. The van der Waals surface area contributed by atoms with Crippen molar-refractivity contribution in [3.63, 3.8) is 0 Å². The molecule has 0 bridgehead atoms. The molecule has 7 heteroatoms. The molecule has 1 saturated carbocycles. The largest absolute Gasteiger partial charge is 0.282 e. The van der Waals surface area contributed by atoms with Crippen LogP contribution >= 0.6 is 43.2 Å². The van der Waals surface area contributed by atoms with Gasteiger partial charge >= 0.3 is 0 Å². The van der Waals surface area contributed by atoms with E-state index in [9.17, 15) is 4.79 Å². The van der Waals surface area contributed by atoms with Crippen LogP contribution < -0.4 is 5.56 Å². The van der Waals surface area contributed by atoms with Gasteiger partial charge in [-0.05, 0) is 53.0 Å². The van der Waals surface area contributed by atoms with E-state index in [2.05, 4.69) is 37.0 Å². The highest BCUT2D eigenvalue weighted by Crippen LogP contribution is 2.32. The van der Waals surface area contributed by atoms with Crippen LogP contribution in [-0.2, 0) is 0 Å². The normalized spacial score (nSPS) is 15.9. The Bertz CT molecular complexity index is 1030. The standard InChI is InChI=1S/C19H17Br2N3OS/c20-13-6-7-17-16(9-13)19(25)24(22-10-15-8-14(21)11-26-15)18(23-17)12-4-2-1-3-5-12/h6-12H,1-5H2. The molecule has 0 saturated heterocycles. The summed E-state index contributed by atoms with van der Waals surface area (Å²) >= 11 is 8.48. The molecule has 26 heavy (non-hydrogen) atoms. The van der Waals surface area contributed by atoms with Gasteiger partial charge in [-0.25, -0.2) is 4.98 Å². The van der Waals surface area contributed by atoms with Crippen molar-refractivity contribution in [3.05, 3.63) is 59.6 Å². The summed E-state index contributed by atoms with van der Waals surface area (Å²) in [6.07, 6.45) is 7.49. The molecule has 1 aliphatic rings. The van der Waals surface area contributed by atoms with Crippen molar-refractivity contribution in [2.45, 2.75) is 38.0 Å². The third-order valence-electron chi connectivity index (χ3n) is 4.69. The van der Waals surface area contributed by atoms with Crippen molar-refractivity contribution < 1.29 is 0 Å². The van der Waals surface area contributed by atoms with E-state index in [4.69, 9.17) is 4.98 Å². The summed E-state index contributed by atoms with van der Waals surface area (Å²) in [5.74, 6) is 1.08. The molecule has 1 aliphatic carbocycles. The fourth-order valence-corrected chi connectivity index (χ4v) is 5.07. The number of fused-ring (bicyclic) bond motifs is 1. The smallest absolute Gasteiger partial charge is 0.267 e. The third kappa shape index (κ3) is 3.70. The minimum Gasteiger partial charge on any atom is -0.267 e. The molecule has 3 aromatic rings. The maximum absolute atomic E-state index is 13.2. The van der Waals surface area contributed by atoms with Gasteiger partial charge in [-0.1, -0.05) is 35.2 Å². The molecule has 4 rings (SSSR count). The van der Waals surface area contributed by atoms with Crippen molar-refractivity contribution in [1.82, 2.24) is 9.66 Å². The summed E-state index contributed by atoms with van der Waals surface area (Å²) in [6, 6.07) is 7.64. The van der Waals surface area contributed by atoms with E-state index >= 15 is 0 Å². The number of benzene rings is 1. The Morgan fingerprint density at radius 2 is 1.96 bits per heavy atom. The van der Waals surface area contributed by atoms with Crippen LogP contribution in [-0.4, -0.2) is 15.9 Å². The van der Waals surface area contributed by atoms with Crippen LogP contribution in [0.2, 0.25) is 0 Å². The fourth-order valence-electron chi connectivity index (χ4n) is 3.41. The number of hydrogen-bond donors (Lipinski definition) is 0. The van der Waals surface area contributed by atoms with Crippen molar-refractivity contribution in [2.24, 2.45) is 5.10 Å². The highest BCUT2D eigenvalue weighted by molar-refractivity contribution is 9.10. The van der Waals surface area contributed by atoms with Crippen molar-refractivity contribution >= 4 is 60.3 Å². The Kier molecular flexibility index (Phi) is 5.38. The molecule has 4 nitrogen and oxygen atoms in total. The SMILES string of the molecule is O=c1c2cc(Br)ccc2nc(C2CCCCC2)n1N=Cc1cc(Br)cs1. The molecular weight excluding hydrogens is 478 g/mol. The zero-order valence-corrected chi connectivity index (χ0v) is 18.0. The fraction of sp³-hybridized carbons (Fsp3) is 0.316. The highest BCUT2D eigenvalue weighted by Gasteiger charge is 2.22. The van der Waals surface area contributed by atoms with E-state index in [0.717, 1.165) is 38.0 Å². The molecule has 1 fully saturated rings. The second kappa shape index (κ2) is 7.74. The van der Waals surface area contributed by atoms with E-state index in [-0.39, 0.29) is 11.5 Å². The summed E-state index contributed by atoms with van der Waals surface area (Å²) in [5.41, 5.74) is 0.632. The quantitative estimate of drug-likeness (QED) is 0.424. The maximum atomic E-state index is 13.2. The molecule has 1 aromatic carbocycles. The van der Waals surface area contributed by atoms with E-state index < -0.39 is 0 Å². The molecule has 0 radical (unpaired) electrons. The van der Waals surface area contributed by atoms with Crippen LogP contribution in [0.5, 0.6) is 0 Å². The zero-order valence-electron chi connectivity index (χ0n) is 14.0. The first kappa shape index (κ1) is 18.1. The summed E-state index contributed by atoms with van der Waals surface area (Å²) in [5, 5.41) is 7.12. The number of nitrogens with zero attached hydrogens (tertiary/aromatic N) is 3. The van der Waals surface area contributed by atoms with Crippen LogP contribution in [0.15, 0.2) is 48.5 Å². The molecular formula is C19H17Br2N3OS. The van der Waals surface area contributed by atoms with Crippen molar-refractivity contribution in [2.75, 3.05) is 0 Å². The van der Waals surface area contributed by atoms with E-state index in [0.29, 0.717) is 5.39 Å². The third-order valence-corrected chi connectivity index (χ3v) is 6.81. The summed E-state index contributed by atoms with van der Waals surface area (Å²) in [4.78, 5) is 19.0. The lowest BCUT2D eigenvalue weighted by Crippen LogP contribution is -2.25. The first-order valence-corrected chi connectivity index (χ1v) is 11.1. The van der Waals surface area contributed by atoms with Gasteiger partial charge in [0.2, 0.25) is 0 Å². The van der Waals surface area contributed by atoms with Crippen molar-refractivity contribution in [3.8, 4) is 0 Å². The van der Waals surface area contributed by atoms with Gasteiger partial charge in [0.1, 0.15) is 5.82 Å². The van der Waals surface area contributed by atoms with Gasteiger partial charge < -0.3 is 0 Å². The van der Waals surface area contributed by atoms with Gasteiger partial charge in [-0.15, -0.1) is 11.3 Å². The second-order valence-corrected chi connectivity index (χ2v) is 9.27. The van der Waals surface area contributed by atoms with Gasteiger partial charge in [-0.3, -0.25) is 4.79 Å². The zero-order chi connectivity index (χ0) is 18.1. The molecule has 0 aliphatic heterocycles. The minimum absolute atomic E-state index is 0.108. The van der Waals surface area contributed by atoms with Gasteiger partial charge in [0.15, 0.2) is 0 Å². The minimum atomic E-state index is -0.108. The van der Waals surface area contributed by atoms with Crippen LogP contribution in [0.25, 0.3) is 10.9 Å². The van der Waals surface area contributed by atoms with Crippen LogP contribution in [0.1, 0.15) is 48.7 Å². The average Bonchev–Trinajstić information content (AvgIpc) is 3.07. The molecule has 134 valence electrons. The molecule has 0 amide bonds. The predicted octanol–water partition coefficient (Wildman–Crippen LogP) is 5.91. The summed E-state index contributed by atoms with van der Waals surface area (Å²) in [7, 11) is 0. The first-order chi connectivity index (χ1) is 12.6. The van der Waals surface area contributed by atoms with Gasteiger partial charge in [0.25, 0.3) is 5.56 Å². The molecule has 2 aromatic heterocycles. The van der Waals surface area contributed by atoms with Crippen LogP contribution in [0, 0.1) is 0 Å². The lowest BCUT2D eigenvalue weighted by atomic mass is 9.88. The maximum Gasteiger partial charge on any atom is 0.282 e. The van der Waals surface area contributed by atoms with E-state index in [1.807, 2.05) is 29.6 Å². The van der Waals surface area contributed by atoms with Gasteiger partial charge in [0.05, 0.1) is 17.1 Å². The Morgan fingerprint density at radius 1 is 1.15 bits per heavy atom. The molecule has 0 spiro atoms. The number of thiophene rings is 1. The van der Waals surface area contributed by atoms with Gasteiger partial charge in [-0.2, -0.15) is 9.78 Å². The molecule has 0 atom stereocenters. The predicted molar refractivity (Wildman–Crippen MR) is 115 cm³/mol.